The Balaban J connectivity index is 1.69. The molecule has 1 fully saturated rings. The maximum Gasteiger partial charge on any atom is 0.493 e. The second-order valence-electron chi connectivity index (χ2n) is 8.24. The zero-order valence-corrected chi connectivity index (χ0v) is 20.7. The SMILES string of the molecule is CC(=O)c1ccc(CC(=O)N(CC2CN(Cc3ccc(Cl)c(Cl)c3)CCO2)OC(=O)C(F)(F)F)cc1. The molecular formula is C24H23Cl2F3N2O5. The largest absolute Gasteiger partial charge is 0.493 e. The van der Waals surface area contributed by atoms with Crippen LogP contribution in [0.2, 0.25) is 10.0 Å². The van der Waals surface area contributed by atoms with Crippen molar-refractivity contribution in [2.24, 2.45) is 0 Å². The van der Waals surface area contributed by atoms with Crippen molar-refractivity contribution in [1.82, 2.24) is 9.96 Å². The van der Waals surface area contributed by atoms with Crippen molar-refractivity contribution in [3.8, 4) is 0 Å². The van der Waals surface area contributed by atoms with Gasteiger partial charge in [0.25, 0.3) is 5.91 Å². The molecule has 0 aliphatic carbocycles. The second kappa shape index (κ2) is 12.1. The van der Waals surface area contributed by atoms with Crippen LogP contribution >= 0.6 is 23.2 Å². The van der Waals surface area contributed by atoms with Crippen molar-refractivity contribution in [2.45, 2.75) is 32.2 Å². The average molecular weight is 547 g/mol. The Morgan fingerprint density at radius 3 is 2.36 bits per heavy atom. The Morgan fingerprint density at radius 1 is 1.08 bits per heavy atom. The highest BCUT2D eigenvalue weighted by molar-refractivity contribution is 6.42. The standard InChI is InChI=1S/C24H23Cl2F3N2O5/c1-15(32)18-5-2-16(3-6-18)11-22(33)31(36-23(34)24(27,28)29)14-19-13-30(8-9-35-19)12-17-4-7-20(25)21(26)10-17/h2-7,10,19H,8-9,11-14H2,1H3. The van der Waals surface area contributed by atoms with Gasteiger partial charge in [-0.05, 0) is 30.2 Å². The molecule has 36 heavy (non-hydrogen) atoms. The molecule has 1 atom stereocenters. The van der Waals surface area contributed by atoms with Crippen LogP contribution in [0, 0.1) is 0 Å². The number of alkyl halides is 3. The zero-order valence-electron chi connectivity index (χ0n) is 19.2. The van der Waals surface area contributed by atoms with E-state index in [0.717, 1.165) is 5.56 Å². The summed E-state index contributed by atoms with van der Waals surface area (Å²) in [5.74, 6) is -3.55. The lowest BCUT2D eigenvalue weighted by Gasteiger charge is -2.35. The maximum absolute atomic E-state index is 12.9. The Kier molecular flexibility index (Phi) is 9.35. The molecule has 2 aromatic carbocycles. The van der Waals surface area contributed by atoms with Crippen molar-refractivity contribution in [1.29, 1.82) is 0 Å². The molecule has 1 aliphatic rings. The highest BCUT2D eigenvalue weighted by atomic mass is 35.5. The number of nitrogens with zero attached hydrogens (tertiary/aromatic N) is 2. The predicted molar refractivity (Wildman–Crippen MR) is 125 cm³/mol. The number of hydroxylamine groups is 2. The van der Waals surface area contributed by atoms with Gasteiger partial charge in [0.15, 0.2) is 5.78 Å². The molecule has 1 amide bonds. The van der Waals surface area contributed by atoms with E-state index in [2.05, 4.69) is 4.84 Å². The Labute approximate surface area is 215 Å². The Hall–Kier alpha value is -2.66. The number of halogens is 5. The number of rotatable bonds is 7. The van der Waals surface area contributed by atoms with Crippen molar-refractivity contribution >= 4 is 40.9 Å². The molecule has 3 rings (SSSR count). The summed E-state index contributed by atoms with van der Waals surface area (Å²) in [5, 5.41) is 1.20. The monoisotopic (exact) mass is 546 g/mol. The maximum atomic E-state index is 12.9. The number of hydrogen-bond donors (Lipinski definition) is 0. The number of morpholine rings is 1. The minimum atomic E-state index is -5.28. The molecule has 12 heteroatoms. The first-order chi connectivity index (χ1) is 16.9. The van der Waals surface area contributed by atoms with E-state index in [0.29, 0.717) is 39.3 Å². The van der Waals surface area contributed by atoms with Crippen molar-refractivity contribution < 1.29 is 37.1 Å². The zero-order chi connectivity index (χ0) is 26.5. The van der Waals surface area contributed by atoms with Gasteiger partial charge in [-0.2, -0.15) is 18.2 Å². The second-order valence-corrected chi connectivity index (χ2v) is 9.05. The van der Waals surface area contributed by atoms with Gasteiger partial charge in [0, 0.05) is 25.2 Å². The molecule has 1 unspecified atom stereocenters. The van der Waals surface area contributed by atoms with Crippen LogP contribution < -0.4 is 0 Å². The molecule has 0 bridgehead atoms. The third kappa shape index (κ3) is 7.92. The van der Waals surface area contributed by atoms with Crippen LogP contribution in [0.1, 0.15) is 28.4 Å². The molecule has 1 saturated heterocycles. The van der Waals surface area contributed by atoms with Gasteiger partial charge in [0.1, 0.15) is 0 Å². The van der Waals surface area contributed by atoms with Crippen LogP contribution in [0.5, 0.6) is 0 Å². The summed E-state index contributed by atoms with van der Waals surface area (Å²) < 4.78 is 44.2. The van der Waals surface area contributed by atoms with E-state index in [1.165, 1.54) is 31.2 Å². The van der Waals surface area contributed by atoms with Gasteiger partial charge >= 0.3 is 12.1 Å². The van der Waals surface area contributed by atoms with Crippen molar-refractivity contribution in [3.63, 3.8) is 0 Å². The Bertz CT molecular complexity index is 1110. The molecule has 0 spiro atoms. The fourth-order valence-corrected chi connectivity index (χ4v) is 3.90. The summed E-state index contributed by atoms with van der Waals surface area (Å²) in [4.78, 5) is 42.2. The number of carbonyl (C=O) groups is 3. The number of carbonyl (C=O) groups excluding carboxylic acids is 3. The Morgan fingerprint density at radius 2 is 1.75 bits per heavy atom. The molecule has 194 valence electrons. The molecule has 0 radical (unpaired) electrons. The van der Waals surface area contributed by atoms with Gasteiger partial charge in [-0.1, -0.05) is 53.5 Å². The smallest absolute Gasteiger partial charge is 0.374 e. The lowest BCUT2D eigenvalue weighted by Crippen LogP contribution is -2.50. The lowest BCUT2D eigenvalue weighted by atomic mass is 10.1. The van der Waals surface area contributed by atoms with E-state index in [9.17, 15) is 27.6 Å². The topological polar surface area (TPSA) is 76.2 Å². The van der Waals surface area contributed by atoms with Crippen LogP contribution in [0.3, 0.4) is 0 Å². The molecule has 1 aliphatic heterocycles. The van der Waals surface area contributed by atoms with E-state index in [4.69, 9.17) is 27.9 Å². The summed E-state index contributed by atoms with van der Waals surface area (Å²) in [6, 6.07) is 11.2. The molecule has 0 saturated carbocycles. The van der Waals surface area contributed by atoms with E-state index >= 15 is 0 Å². The summed E-state index contributed by atoms with van der Waals surface area (Å²) in [6.45, 7) is 2.51. The third-order valence-electron chi connectivity index (χ3n) is 5.40. The van der Waals surface area contributed by atoms with E-state index < -0.39 is 30.7 Å². The fourth-order valence-electron chi connectivity index (χ4n) is 3.58. The van der Waals surface area contributed by atoms with Crippen LogP contribution in [0.25, 0.3) is 0 Å². The molecule has 0 aromatic heterocycles. The van der Waals surface area contributed by atoms with Gasteiger partial charge in [-0.15, -0.1) is 0 Å². The van der Waals surface area contributed by atoms with Gasteiger partial charge in [-0.3, -0.25) is 14.5 Å². The van der Waals surface area contributed by atoms with Crippen molar-refractivity contribution in [2.75, 3.05) is 26.2 Å². The highest BCUT2D eigenvalue weighted by Crippen LogP contribution is 2.24. The van der Waals surface area contributed by atoms with Crippen LogP contribution in [0.15, 0.2) is 42.5 Å². The minimum Gasteiger partial charge on any atom is -0.374 e. The van der Waals surface area contributed by atoms with Gasteiger partial charge in [-0.25, -0.2) is 4.79 Å². The third-order valence-corrected chi connectivity index (χ3v) is 6.14. The number of amides is 1. The number of Topliss-reactive ketones (excluding diaryl/α,β-unsaturated/α-hetero) is 1. The van der Waals surface area contributed by atoms with Gasteiger partial charge < -0.3 is 9.57 Å². The highest BCUT2D eigenvalue weighted by Gasteiger charge is 2.44. The fraction of sp³-hybridized carbons (Fsp3) is 0.375. The molecule has 0 N–H and O–H groups in total. The average Bonchev–Trinajstić information content (AvgIpc) is 2.81. The summed E-state index contributed by atoms with van der Waals surface area (Å²) in [5.41, 5.74) is 1.73. The number of ketones is 1. The summed E-state index contributed by atoms with van der Waals surface area (Å²) in [6.07, 6.45) is -6.34. The number of hydrogen-bond acceptors (Lipinski definition) is 6. The van der Waals surface area contributed by atoms with Gasteiger partial charge in [0.2, 0.25) is 0 Å². The van der Waals surface area contributed by atoms with Crippen LogP contribution in [0.4, 0.5) is 13.2 Å². The van der Waals surface area contributed by atoms with E-state index in [1.807, 2.05) is 4.90 Å². The van der Waals surface area contributed by atoms with Crippen LogP contribution in [-0.4, -0.2) is 66.1 Å². The molecular weight excluding hydrogens is 524 g/mol. The van der Waals surface area contributed by atoms with Crippen molar-refractivity contribution in [3.05, 3.63) is 69.2 Å². The van der Waals surface area contributed by atoms with Gasteiger partial charge in [0.05, 0.1) is 35.7 Å². The van der Waals surface area contributed by atoms with Crippen LogP contribution in [-0.2, 0) is 32.1 Å². The first-order valence-corrected chi connectivity index (χ1v) is 11.6. The van der Waals surface area contributed by atoms with E-state index in [-0.39, 0.29) is 25.4 Å². The number of ether oxygens (including phenoxy) is 1. The van der Waals surface area contributed by atoms with E-state index in [1.54, 1.807) is 18.2 Å². The molecule has 1 heterocycles. The quantitative estimate of drug-likeness (QED) is 0.376. The normalized spacial score (nSPS) is 16.4. The molecule has 2 aromatic rings. The number of benzene rings is 2. The lowest BCUT2D eigenvalue weighted by molar-refractivity contribution is -0.241. The summed E-state index contributed by atoms with van der Waals surface area (Å²) >= 11 is 12.0. The molecule has 7 nitrogen and oxygen atoms in total. The first-order valence-electron chi connectivity index (χ1n) is 10.9. The minimum absolute atomic E-state index is 0.173. The predicted octanol–water partition coefficient (Wildman–Crippen LogP) is 4.49. The summed E-state index contributed by atoms with van der Waals surface area (Å²) in [7, 11) is 0. The first kappa shape index (κ1) is 27.9.